The molecule has 0 unspecified atom stereocenters. The molecule has 2 amide bonds. The molecule has 1 saturated heterocycles. The van der Waals surface area contributed by atoms with Gasteiger partial charge in [0, 0.05) is 30.5 Å². The van der Waals surface area contributed by atoms with E-state index in [1.54, 1.807) is 17.3 Å². The Kier molecular flexibility index (Phi) is 5.11. The molecule has 1 aliphatic heterocycles. The van der Waals surface area contributed by atoms with Gasteiger partial charge >= 0.3 is 0 Å². The highest BCUT2D eigenvalue weighted by Gasteiger charge is 2.33. The number of nitrogens with zero attached hydrogens (tertiary/aromatic N) is 5. The van der Waals surface area contributed by atoms with Gasteiger partial charge in [0.1, 0.15) is 6.04 Å². The SMILES string of the molecule is NC(=O)[C@H]1CCCCN1C(=O)CSc1nnc(-c2cccnc2)n1C1CC1. The summed E-state index contributed by atoms with van der Waals surface area (Å²) >= 11 is 1.37. The van der Waals surface area contributed by atoms with Crippen LogP contribution in [0.3, 0.4) is 0 Å². The van der Waals surface area contributed by atoms with Crippen molar-refractivity contribution in [1.29, 1.82) is 0 Å². The lowest BCUT2D eigenvalue weighted by Crippen LogP contribution is -2.51. The van der Waals surface area contributed by atoms with Crippen LogP contribution in [0.1, 0.15) is 38.1 Å². The van der Waals surface area contributed by atoms with E-state index in [4.69, 9.17) is 5.73 Å². The van der Waals surface area contributed by atoms with E-state index in [-0.39, 0.29) is 11.7 Å². The molecule has 9 heteroatoms. The summed E-state index contributed by atoms with van der Waals surface area (Å²) in [5.74, 6) is 0.514. The number of hydrogen-bond acceptors (Lipinski definition) is 6. The summed E-state index contributed by atoms with van der Waals surface area (Å²) in [5, 5.41) is 9.38. The van der Waals surface area contributed by atoms with Gasteiger partial charge in [0.25, 0.3) is 0 Å². The number of hydrogen-bond donors (Lipinski definition) is 1. The third-order valence-corrected chi connectivity index (χ3v) is 5.90. The Morgan fingerprint density at radius 3 is 2.78 bits per heavy atom. The molecule has 0 bridgehead atoms. The van der Waals surface area contributed by atoms with Crippen LogP contribution in [-0.4, -0.2) is 54.8 Å². The van der Waals surface area contributed by atoms with Gasteiger partial charge in [0.2, 0.25) is 11.8 Å². The number of rotatable bonds is 6. The topological polar surface area (TPSA) is 107 Å². The average Bonchev–Trinajstić information content (AvgIpc) is 3.45. The lowest BCUT2D eigenvalue weighted by molar-refractivity contribution is -0.138. The van der Waals surface area contributed by atoms with E-state index in [1.165, 1.54) is 11.8 Å². The molecule has 0 radical (unpaired) electrons. The van der Waals surface area contributed by atoms with E-state index in [9.17, 15) is 9.59 Å². The highest BCUT2D eigenvalue weighted by atomic mass is 32.2. The van der Waals surface area contributed by atoms with Gasteiger partial charge in [-0.2, -0.15) is 0 Å². The fourth-order valence-corrected chi connectivity index (χ4v) is 4.36. The molecule has 0 aromatic carbocycles. The van der Waals surface area contributed by atoms with Crippen molar-refractivity contribution in [2.24, 2.45) is 5.73 Å². The standard InChI is InChI=1S/C18H22N6O2S/c19-16(26)14-5-1-2-9-23(14)15(25)11-27-18-22-21-17(24(18)13-6-7-13)12-4-3-8-20-10-12/h3-4,8,10,13-14H,1-2,5-7,9,11H2,(H2,19,26)/t14-/m1/s1. The predicted octanol–water partition coefficient (Wildman–Crippen LogP) is 1.63. The second-order valence-corrected chi connectivity index (χ2v) is 7.88. The molecular formula is C18H22N6O2S. The zero-order valence-electron chi connectivity index (χ0n) is 15.0. The molecular weight excluding hydrogens is 364 g/mol. The number of aromatic nitrogens is 4. The van der Waals surface area contributed by atoms with Crippen molar-refractivity contribution in [3.8, 4) is 11.4 Å². The molecule has 1 aliphatic carbocycles. The second kappa shape index (κ2) is 7.67. The van der Waals surface area contributed by atoms with Crippen LogP contribution in [0.2, 0.25) is 0 Å². The first-order valence-electron chi connectivity index (χ1n) is 9.22. The first-order valence-corrected chi connectivity index (χ1v) is 10.2. The molecule has 2 aliphatic rings. The Morgan fingerprint density at radius 1 is 1.22 bits per heavy atom. The van der Waals surface area contributed by atoms with Crippen LogP contribution in [0.5, 0.6) is 0 Å². The number of amides is 2. The fourth-order valence-electron chi connectivity index (χ4n) is 3.46. The number of carbonyl (C=O) groups excluding carboxylic acids is 2. The van der Waals surface area contributed by atoms with E-state index in [2.05, 4.69) is 19.7 Å². The molecule has 142 valence electrons. The van der Waals surface area contributed by atoms with Crippen molar-refractivity contribution in [2.45, 2.75) is 49.3 Å². The summed E-state index contributed by atoms with van der Waals surface area (Å²) in [6.07, 6.45) is 8.15. The summed E-state index contributed by atoms with van der Waals surface area (Å²) in [7, 11) is 0. The maximum atomic E-state index is 12.7. The Balaban J connectivity index is 1.49. The molecule has 3 heterocycles. The highest BCUT2D eigenvalue weighted by Crippen LogP contribution is 2.41. The van der Waals surface area contributed by atoms with Crippen molar-refractivity contribution in [3.63, 3.8) is 0 Å². The third-order valence-electron chi connectivity index (χ3n) is 4.97. The minimum absolute atomic E-state index is 0.0724. The second-order valence-electron chi connectivity index (χ2n) is 6.94. The molecule has 2 aromatic rings. The zero-order valence-corrected chi connectivity index (χ0v) is 15.8. The van der Waals surface area contributed by atoms with Crippen molar-refractivity contribution < 1.29 is 9.59 Å². The van der Waals surface area contributed by atoms with Gasteiger partial charge in [-0.3, -0.25) is 19.1 Å². The Bertz CT molecular complexity index is 836. The molecule has 8 nitrogen and oxygen atoms in total. The van der Waals surface area contributed by atoms with Gasteiger partial charge in [-0.15, -0.1) is 10.2 Å². The molecule has 0 spiro atoms. The molecule has 1 atom stereocenters. The van der Waals surface area contributed by atoms with Crippen LogP contribution in [0, 0.1) is 0 Å². The highest BCUT2D eigenvalue weighted by molar-refractivity contribution is 7.99. The summed E-state index contributed by atoms with van der Waals surface area (Å²) < 4.78 is 2.11. The van der Waals surface area contributed by atoms with Crippen molar-refractivity contribution in [2.75, 3.05) is 12.3 Å². The number of pyridine rings is 1. The molecule has 2 fully saturated rings. The van der Waals surface area contributed by atoms with Crippen molar-refractivity contribution >= 4 is 23.6 Å². The minimum Gasteiger partial charge on any atom is -0.368 e. The van der Waals surface area contributed by atoms with Crippen LogP contribution in [0.4, 0.5) is 0 Å². The van der Waals surface area contributed by atoms with E-state index in [0.29, 0.717) is 19.0 Å². The Morgan fingerprint density at radius 2 is 2.07 bits per heavy atom. The van der Waals surface area contributed by atoms with E-state index >= 15 is 0 Å². The molecule has 1 saturated carbocycles. The monoisotopic (exact) mass is 386 g/mol. The normalized spacial score (nSPS) is 19.9. The van der Waals surface area contributed by atoms with Gasteiger partial charge in [-0.1, -0.05) is 11.8 Å². The number of carbonyl (C=O) groups is 2. The van der Waals surface area contributed by atoms with Gasteiger partial charge < -0.3 is 10.6 Å². The van der Waals surface area contributed by atoms with Crippen LogP contribution in [0.25, 0.3) is 11.4 Å². The Hall–Kier alpha value is -2.42. The van der Waals surface area contributed by atoms with Crippen LogP contribution < -0.4 is 5.73 Å². The number of piperidine rings is 1. The molecule has 2 N–H and O–H groups in total. The van der Waals surface area contributed by atoms with E-state index in [1.807, 2.05) is 12.1 Å². The molecule has 4 rings (SSSR count). The lowest BCUT2D eigenvalue weighted by atomic mass is 10.0. The van der Waals surface area contributed by atoms with E-state index in [0.717, 1.165) is 42.2 Å². The summed E-state index contributed by atoms with van der Waals surface area (Å²) in [6, 6.07) is 3.72. The number of thioether (sulfide) groups is 1. The van der Waals surface area contributed by atoms with Gasteiger partial charge in [0.05, 0.1) is 5.75 Å². The van der Waals surface area contributed by atoms with Crippen molar-refractivity contribution in [1.82, 2.24) is 24.6 Å². The van der Waals surface area contributed by atoms with Crippen molar-refractivity contribution in [3.05, 3.63) is 24.5 Å². The summed E-state index contributed by atoms with van der Waals surface area (Å²) in [6.45, 7) is 0.587. The number of likely N-dealkylation sites (tertiary alicyclic amines) is 1. The zero-order chi connectivity index (χ0) is 18.8. The lowest BCUT2D eigenvalue weighted by Gasteiger charge is -2.33. The Labute approximate surface area is 161 Å². The first kappa shape index (κ1) is 18.0. The molecule has 2 aromatic heterocycles. The van der Waals surface area contributed by atoms with Crippen LogP contribution in [-0.2, 0) is 9.59 Å². The maximum Gasteiger partial charge on any atom is 0.240 e. The number of nitrogens with two attached hydrogens (primary N) is 1. The first-order chi connectivity index (χ1) is 13.1. The fraction of sp³-hybridized carbons (Fsp3) is 0.500. The quantitative estimate of drug-likeness (QED) is 0.756. The summed E-state index contributed by atoms with van der Waals surface area (Å²) in [4.78, 5) is 30.1. The van der Waals surface area contributed by atoms with E-state index < -0.39 is 11.9 Å². The van der Waals surface area contributed by atoms with Gasteiger partial charge in [-0.05, 0) is 44.2 Å². The number of primary amides is 1. The van der Waals surface area contributed by atoms with Crippen LogP contribution in [0.15, 0.2) is 29.7 Å². The van der Waals surface area contributed by atoms with Crippen LogP contribution >= 0.6 is 11.8 Å². The maximum absolute atomic E-state index is 12.7. The largest absolute Gasteiger partial charge is 0.368 e. The molecule has 27 heavy (non-hydrogen) atoms. The minimum atomic E-state index is -0.487. The average molecular weight is 386 g/mol. The summed E-state index contributed by atoms with van der Waals surface area (Å²) in [5.41, 5.74) is 6.39. The third kappa shape index (κ3) is 3.83. The smallest absolute Gasteiger partial charge is 0.240 e. The predicted molar refractivity (Wildman–Crippen MR) is 101 cm³/mol. The van der Waals surface area contributed by atoms with Gasteiger partial charge in [-0.25, -0.2) is 0 Å². The van der Waals surface area contributed by atoms with Gasteiger partial charge in [0.15, 0.2) is 11.0 Å².